The highest BCUT2D eigenvalue weighted by molar-refractivity contribution is 5.72. The van der Waals surface area contributed by atoms with Crippen LogP contribution < -0.4 is 0 Å². The normalized spacial score (nSPS) is 15.2. The summed E-state index contributed by atoms with van der Waals surface area (Å²) in [5.41, 5.74) is 7.33. The van der Waals surface area contributed by atoms with Gasteiger partial charge in [-0.3, -0.25) is 0 Å². The van der Waals surface area contributed by atoms with Gasteiger partial charge in [-0.1, -0.05) is 88.6 Å². The summed E-state index contributed by atoms with van der Waals surface area (Å²) < 4.78 is 0. The number of benzene rings is 1. The molecule has 0 amide bonds. The Labute approximate surface area is 163 Å². The van der Waals surface area contributed by atoms with Gasteiger partial charge in [0.05, 0.1) is 0 Å². The average molecular weight is 358 g/mol. The molecule has 1 aliphatic rings. The highest BCUT2D eigenvalue weighted by Gasteiger charge is 2.15. The van der Waals surface area contributed by atoms with Crippen molar-refractivity contribution in [2.24, 2.45) is 5.92 Å². The van der Waals surface area contributed by atoms with Crippen molar-refractivity contribution in [3.05, 3.63) is 40.5 Å². The lowest BCUT2D eigenvalue weighted by Gasteiger charge is -2.27. The van der Waals surface area contributed by atoms with Gasteiger partial charge in [-0.05, 0) is 56.9 Å². The number of nitrogens with zero attached hydrogens (tertiary/aromatic N) is 1. The molecule has 1 nitrogen and oxygen atoms in total. The molecule has 0 aromatic heterocycles. The van der Waals surface area contributed by atoms with E-state index in [1.54, 1.807) is 5.57 Å². The smallest absolute Gasteiger partial charge is 0.0193 e. The maximum Gasteiger partial charge on any atom is 0.0193 e. The SMILES string of the molecule is CC1=C(c2cc(C)ccc2C)CCN(C)C1.CCCC(CCC)CCC. The lowest BCUT2D eigenvalue weighted by Crippen LogP contribution is -2.26. The first-order valence-electron chi connectivity index (χ1n) is 10.9. The first kappa shape index (κ1) is 23.0. The highest BCUT2D eigenvalue weighted by atomic mass is 15.1. The molecule has 1 aliphatic heterocycles. The first-order chi connectivity index (χ1) is 12.4. The van der Waals surface area contributed by atoms with Crippen LogP contribution in [0.1, 0.15) is 89.3 Å². The number of likely N-dealkylation sites (N-methyl/N-ethyl adjacent to an activating group) is 1. The topological polar surface area (TPSA) is 3.24 Å². The van der Waals surface area contributed by atoms with Gasteiger partial charge in [0.25, 0.3) is 0 Å². The Morgan fingerprint density at radius 3 is 2.00 bits per heavy atom. The lowest BCUT2D eigenvalue weighted by molar-refractivity contribution is 0.359. The van der Waals surface area contributed by atoms with Gasteiger partial charge in [-0.25, -0.2) is 0 Å². The van der Waals surface area contributed by atoms with Gasteiger partial charge in [0.2, 0.25) is 0 Å². The minimum absolute atomic E-state index is 1.03. The van der Waals surface area contributed by atoms with E-state index in [0.717, 1.165) is 12.5 Å². The van der Waals surface area contributed by atoms with E-state index >= 15 is 0 Å². The molecule has 2 rings (SSSR count). The Morgan fingerprint density at radius 1 is 0.923 bits per heavy atom. The largest absolute Gasteiger partial charge is 0.302 e. The molecule has 0 N–H and O–H groups in total. The molecule has 26 heavy (non-hydrogen) atoms. The maximum absolute atomic E-state index is 2.39. The van der Waals surface area contributed by atoms with E-state index in [9.17, 15) is 0 Å². The summed E-state index contributed by atoms with van der Waals surface area (Å²) in [6.45, 7) is 15.8. The number of hydrogen-bond donors (Lipinski definition) is 0. The van der Waals surface area contributed by atoms with E-state index in [4.69, 9.17) is 0 Å². The quantitative estimate of drug-likeness (QED) is 0.491. The van der Waals surface area contributed by atoms with Crippen LogP contribution in [0.4, 0.5) is 0 Å². The van der Waals surface area contributed by atoms with Crippen molar-refractivity contribution in [3.63, 3.8) is 0 Å². The molecule has 0 saturated carbocycles. The van der Waals surface area contributed by atoms with E-state index in [-0.39, 0.29) is 0 Å². The van der Waals surface area contributed by atoms with E-state index in [0.29, 0.717) is 0 Å². The zero-order valence-electron chi connectivity index (χ0n) is 18.6. The molecule has 0 spiro atoms. The molecule has 0 radical (unpaired) electrons. The van der Waals surface area contributed by atoms with E-state index in [1.165, 1.54) is 73.8 Å². The fraction of sp³-hybridized carbons (Fsp3) is 0.680. The van der Waals surface area contributed by atoms with Gasteiger partial charge in [-0.2, -0.15) is 0 Å². The molecule has 0 saturated heterocycles. The predicted molar refractivity (Wildman–Crippen MR) is 119 cm³/mol. The molecule has 0 bridgehead atoms. The van der Waals surface area contributed by atoms with Gasteiger partial charge < -0.3 is 4.90 Å². The first-order valence-corrected chi connectivity index (χ1v) is 10.9. The maximum atomic E-state index is 2.39. The van der Waals surface area contributed by atoms with Gasteiger partial charge in [0.15, 0.2) is 0 Å². The zero-order valence-corrected chi connectivity index (χ0v) is 18.6. The van der Waals surface area contributed by atoms with Gasteiger partial charge in [-0.15, -0.1) is 0 Å². The van der Waals surface area contributed by atoms with Crippen molar-refractivity contribution in [3.8, 4) is 0 Å². The van der Waals surface area contributed by atoms with Crippen LogP contribution in [0.25, 0.3) is 5.57 Å². The summed E-state index contributed by atoms with van der Waals surface area (Å²) in [4.78, 5) is 2.39. The monoisotopic (exact) mass is 357 g/mol. The molecule has 1 heteroatoms. The minimum Gasteiger partial charge on any atom is -0.302 e. The molecular formula is C25H43N. The van der Waals surface area contributed by atoms with Crippen molar-refractivity contribution in [1.29, 1.82) is 0 Å². The summed E-state index contributed by atoms with van der Waals surface area (Å²) in [6, 6.07) is 6.77. The summed E-state index contributed by atoms with van der Waals surface area (Å²) >= 11 is 0. The standard InChI is InChI=1S/C15H21N.C10H22/c1-11-5-6-12(2)15(9-11)14-7-8-16(4)10-13(14)3;1-4-7-10(8-5-2)9-6-3/h5-6,9H,7-8,10H2,1-4H3;10H,4-9H2,1-3H3. The molecule has 1 heterocycles. The van der Waals surface area contributed by atoms with Crippen LogP contribution in [0.5, 0.6) is 0 Å². The third-order valence-corrected chi connectivity index (χ3v) is 5.57. The molecule has 0 atom stereocenters. The van der Waals surface area contributed by atoms with Crippen LogP contribution in [0, 0.1) is 19.8 Å². The molecule has 0 unspecified atom stereocenters. The number of rotatable bonds is 7. The van der Waals surface area contributed by atoms with Crippen LogP contribution in [-0.4, -0.2) is 25.0 Å². The predicted octanol–water partition coefficient (Wildman–Crippen LogP) is 7.42. The number of aryl methyl sites for hydroxylation is 2. The second-order valence-corrected chi connectivity index (χ2v) is 8.30. The van der Waals surface area contributed by atoms with Crippen molar-refractivity contribution in [1.82, 2.24) is 4.90 Å². The van der Waals surface area contributed by atoms with E-state index in [2.05, 4.69) is 71.7 Å². The molecule has 1 aromatic carbocycles. The molecule has 0 fully saturated rings. The minimum atomic E-state index is 1.03. The van der Waals surface area contributed by atoms with Crippen molar-refractivity contribution in [2.45, 2.75) is 86.5 Å². The molecular weight excluding hydrogens is 314 g/mol. The van der Waals surface area contributed by atoms with Crippen LogP contribution in [-0.2, 0) is 0 Å². The molecule has 1 aromatic rings. The summed E-state index contributed by atoms with van der Waals surface area (Å²) in [6.07, 6.45) is 9.62. The second kappa shape index (κ2) is 12.3. The van der Waals surface area contributed by atoms with E-state index < -0.39 is 0 Å². The van der Waals surface area contributed by atoms with Crippen LogP contribution >= 0.6 is 0 Å². The zero-order chi connectivity index (χ0) is 19.5. The van der Waals surface area contributed by atoms with Crippen LogP contribution in [0.2, 0.25) is 0 Å². The summed E-state index contributed by atoms with van der Waals surface area (Å²) in [5.74, 6) is 1.03. The Hall–Kier alpha value is -1.08. The Morgan fingerprint density at radius 2 is 1.50 bits per heavy atom. The van der Waals surface area contributed by atoms with Gasteiger partial charge in [0.1, 0.15) is 0 Å². The summed E-state index contributed by atoms with van der Waals surface area (Å²) in [7, 11) is 2.20. The number of hydrogen-bond acceptors (Lipinski definition) is 1. The Bertz CT molecular complexity index is 541. The van der Waals surface area contributed by atoms with Gasteiger partial charge in [0, 0.05) is 13.1 Å². The van der Waals surface area contributed by atoms with Crippen molar-refractivity contribution < 1.29 is 0 Å². The van der Waals surface area contributed by atoms with Crippen LogP contribution in [0.15, 0.2) is 23.8 Å². The molecule has 0 aliphatic carbocycles. The lowest BCUT2D eigenvalue weighted by atomic mass is 9.90. The highest BCUT2D eigenvalue weighted by Crippen LogP contribution is 2.29. The average Bonchev–Trinajstić information content (AvgIpc) is 2.59. The van der Waals surface area contributed by atoms with Crippen molar-refractivity contribution in [2.75, 3.05) is 20.1 Å². The van der Waals surface area contributed by atoms with E-state index in [1.807, 2.05) is 0 Å². The Balaban J connectivity index is 0.000000294. The fourth-order valence-electron chi connectivity index (χ4n) is 4.18. The Kier molecular flexibility index (Phi) is 10.9. The third-order valence-electron chi connectivity index (χ3n) is 5.57. The van der Waals surface area contributed by atoms with Crippen LogP contribution in [0.3, 0.4) is 0 Å². The third kappa shape index (κ3) is 7.66. The summed E-state index contributed by atoms with van der Waals surface area (Å²) in [5, 5.41) is 0. The molecule has 148 valence electrons. The fourth-order valence-corrected chi connectivity index (χ4v) is 4.18. The van der Waals surface area contributed by atoms with Crippen molar-refractivity contribution >= 4 is 5.57 Å². The second-order valence-electron chi connectivity index (χ2n) is 8.30. The van der Waals surface area contributed by atoms with Gasteiger partial charge >= 0.3 is 0 Å².